The van der Waals surface area contributed by atoms with E-state index in [1.165, 1.54) is 18.4 Å². The first-order chi connectivity index (χ1) is 14.1. The van der Waals surface area contributed by atoms with Gasteiger partial charge in [-0.3, -0.25) is 9.59 Å². The monoisotopic (exact) mass is 408 g/mol. The molecule has 0 aliphatic rings. The Kier molecular flexibility index (Phi) is 6.51. The Balaban J connectivity index is 1.62. The van der Waals surface area contributed by atoms with Gasteiger partial charge < -0.3 is 20.4 Å². The van der Waals surface area contributed by atoms with Crippen LogP contribution in [0.5, 0.6) is 0 Å². The lowest BCUT2D eigenvalue weighted by molar-refractivity contribution is -0.114. The summed E-state index contributed by atoms with van der Waals surface area (Å²) in [7, 11) is 0. The number of carbonyl (C=O) groups is 2. The van der Waals surface area contributed by atoms with E-state index in [0.29, 0.717) is 33.3 Å². The number of nitriles is 1. The normalized spacial score (nSPS) is 10.1. The van der Waals surface area contributed by atoms with Crippen LogP contribution in [0.15, 0.2) is 65.3 Å². The van der Waals surface area contributed by atoms with Crippen molar-refractivity contribution in [2.24, 2.45) is 0 Å². The van der Waals surface area contributed by atoms with Gasteiger partial charge in [-0.15, -0.1) is 0 Å². The molecule has 0 aliphatic heterocycles. The highest BCUT2D eigenvalue weighted by Crippen LogP contribution is 2.20. The summed E-state index contributed by atoms with van der Waals surface area (Å²) in [6.07, 6.45) is 1.53. The number of hydrogen-bond donors (Lipinski definition) is 3. The average Bonchev–Trinajstić information content (AvgIpc) is 3.24. The molecule has 0 spiro atoms. The standard InChI is InChI=1S/C21H17ClN4O3/c22-15-8-7-14(11-23)19(10-15)26-20(27)13-24-18-6-2-1-5-17(18)21(28)25-12-16-4-3-9-29-16/h1-10,24H,12-13H2,(H,25,28)(H,26,27). The van der Waals surface area contributed by atoms with Crippen molar-refractivity contribution < 1.29 is 14.0 Å². The highest BCUT2D eigenvalue weighted by atomic mass is 35.5. The molecule has 8 heteroatoms. The highest BCUT2D eigenvalue weighted by molar-refractivity contribution is 6.31. The average molecular weight is 409 g/mol. The topological polar surface area (TPSA) is 107 Å². The SMILES string of the molecule is N#Cc1ccc(Cl)cc1NC(=O)CNc1ccccc1C(=O)NCc1ccco1. The molecule has 7 nitrogen and oxygen atoms in total. The number of carbonyl (C=O) groups excluding carboxylic acids is 2. The van der Waals surface area contributed by atoms with Crippen molar-refractivity contribution in [2.75, 3.05) is 17.2 Å². The third-order valence-corrected chi connectivity index (χ3v) is 4.23. The van der Waals surface area contributed by atoms with Crippen molar-refractivity contribution in [3.05, 3.63) is 82.8 Å². The molecule has 3 N–H and O–H groups in total. The molecule has 29 heavy (non-hydrogen) atoms. The third kappa shape index (κ3) is 5.37. The van der Waals surface area contributed by atoms with Crippen LogP contribution in [0.3, 0.4) is 0 Å². The van der Waals surface area contributed by atoms with E-state index in [0.717, 1.165) is 0 Å². The number of nitrogens with one attached hydrogen (secondary N) is 3. The molecule has 0 aliphatic carbocycles. The van der Waals surface area contributed by atoms with Crippen LogP contribution in [0, 0.1) is 11.3 Å². The van der Waals surface area contributed by atoms with E-state index < -0.39 is 0 Å². The third-order valence-electron chi connectivity index (χ3n) is 3.99. The summed E-state index contributed by atoms with van der Waals surface area (Å²) in [5, 5.41) is 17.9. The minimum atomic E-state index is -0.380. The van der Waals surface area contributed by atoms with E-state index in [2.05, 4.69) is 16.0 Å². The van der Waals surface area contributed by atoms with Gasteiger partial charge in [0.2, 0.25) is 5.91 Å². The maximum atomic E-state index is 12.5. The molecular formula is C21H17ClN4O3. The molecule has 1 heterocycles. The Labute approximate surface area is 172 Å². The number of para-hydroxylation sites is 1. The zero-order valence-corrected chi connectivity index (χ0v) is 16.0. The first kappa shape index (κ1) is 20.0. The van der Waals surface area contributed by atoms with Crippen LogP contribution in [-0.4, -0.2) is 18.4 Å². The fraction of sp³-hybridized carbons (Fsp3) is 0.0952. The number of anilines is 2. The van der Waals surface area contributed by atoms with Crippen LogP contribution in [0.4, 0.5) is 11.4 Å². The molecule has 2 aromatic carbocycles. The van der Waals surface area contributed by atoms with Gasteiger partial charge in [0.15, 0.2) is 0 Å². The summed E-state index contributed by atoms with van der Waals surface area (Å²) in [5.74, 6) is -0.0425. The number of amides is 2. The Hall–Kier alpha value is -3.76. The van der Waals surface area contributed by atoms with Crippen LogP contribution >= 0.6 is 11.6 Å². The molecule has 0 atom stereocenters. The molecule has 0 saturated carbocycles. The Morgan fingerprint density at radius 2 is 1.90 bits per heavy atom. The zero-order chi connectivity index (χ0) is 20.6. The maximum absolute atomic E-state index is 12.5. The predicted molar refractivity (Wildman–Crippen MR) is 110 cm³/mol. The lowest BCUT2D eigenvalue weighted by atomic mass is 10.1. The Bertz CT molecular complexity index is 1060. The van der Waals surface area contributed by atoms with E-state index in [-0.39, 0.29) is 24.9 Å². The summed E-state index contributed by atoms with van der Waals surface area (Å²) in [6.45, 7) is 0.159. The van der Waals surface area contributed by atoms with E-state index in [1.54, 1.807) is 42.5 Å². The second kappa shape index (κ2) is 9.44. The van der Waals surface area contributed by atoms with Gasteiger partial charge in [0.05, 0.1) is 36.2 Å². The molecule has 0 saturated heterocycles. The highest BCUT2D eigenvalue weighted by Gasteiger charge is 2.13. The van der Waals surface area contributed by atoms with Crippen LogP contribution in [-0.2, 0) is 11.3 Å². The first-order valence-electron chi connectivity index (χ1n) is 8.70. The van der Waals surface area contributed by atoms with Gasteiger partial charge in [0.1, 0.15) is 11.8 Å². The smallest absolute Gasteiger partial charge is 0.253 e. The van der Waals surface area contributed by atoms with Crippen LogP contribution in [0.1, 0.15) is 21.7 Å². The van der Waals surface area contributed by atoms with Crippen molar-refractivity contribution in [3.8, 4) is 6.07 Å². The fourth-order valence-corrected chi connectivity index (χ4v) is 2.77. The zero-order valence-electron chi connectivity index (χ0n) is 15.2. The summed E-state index contributed by atoms with van der Waals surface area (Å²) in [6, 6.07) is 17.0. The molecule has 2 amide bonds. The van der Waals surface area contributed by atoms with E-state index in [1.807, 2.05) is 6.07 Å². The second-order valence-electron chi connectivity index (χ2n) is 6.01. The van der Waals surface area contributed by atoms with Gasteiger partial charge in [0.25, 0.3) is 5.91 Å². The molecule has 3 rings (SSSR count). The van der Waals surface area contributed by atoms with Crippen molar-refractivity contribution in [3.63, 3.8) is 0 Å². The molecule has 0 radical (unpaired) electrons. The number of rotatable bonds is 7. The van der Waals surface area contributed by atoms with Gasteiger partial charge >= 0.3 is 0 Å². The van der Waals surface area contributed by atoms with Gasteiger partial charge in [-0.05, 0) is 42.5 Å². The Morgan fingerprint density at radius 3 is 2.66 bits per heavy atom. The molecule has 0 fully saturated rings. The molecule has 3 aromatic rings. The van der Waals surface area contributed by atoms with Crippen LogP contribution < -0.4 is 16.0 Å². The number of halogens is 1. The quantitative estimate of drug-likeness (QED) is 0.551. The second-order valence-corrected chi connectivity index (χ2v) is 6.45. The summed E-state index contributed by atoms with van der Waals surface area (Å²) < 4.78 is 5.20. The summed E-state index contributed by atoms with van der Waals surface area (Å²) in [4.78, 5) is 24.8. The van der Waals surface area contributed by atoms with Crippen molar-refractivity contribution >= 4 is 34.8 Å². The molecule has 0 bridgehead atoms. The minimum absolute atomic E-state index is 0.0974. The Morgan fingerprint density at radius 1 is 1.07 bits per heavy atom. The van der Waals surface area contributed by atoms with Crippen molar-refractivity contribution in [1.82, 2.24) is 5.32 Å². The largest absolute Gasteiger partial charge is 0.467 e. The predicted octanol–water partition coefficient (Wildman–Crippen LogP) is 3.79. The van der Waals surface area contributed by atoms with E-state index in [4.69, 9.17) is 21.3 Å². The first-order valence-corrected chi connectivity index (χ1v) is 9.07. The summed E-state index contributed by atoms with van der Waals surface area (Å²) in [5.41, 5.74) is 1.54. The molecular weight excluding hydrogens is 392 g/mol. The summed E-state index contributed by atoms with van der Waals surface area (Å²) >= 11 is 5.93. The number of nitrogens with zero attached hydrogens (tertiary/aromatic N) is 1. The van der Waals surface area contributed by atoms with Crippen LogP contribution in [0.2, 0.25) is 5.02 Å². The van der Waals surface area contributed by atoms with Crippen molar-refractivity contribution in [1.29, 1.82) is 5.26 Å². The van der Waals surface area contributed by atoms with Crippen molar-refractivity contribution in [2.45, 2.75) is 6.54 Å². The molecule has 1 aromatic heterocycles. The maximum Gasteiger partial charge on any atom is 0.253 e. The van der Waals surface area contributed by atoms with E-state index >= 15 is 0 Å². The lowest BCUT2D eigenvalue weighted by Crippen LogP contribution is -2.26. The van der Waals surface area contributed by atoms with Gasteiger partial charge in [-0.2, -0.15) is 5.26 Å². The van der Waals surface area contributed by atoms with E-state index in [9.17, 15) is 9.59 Å². The van der Waals surface area contributed by atoms with Gasteiger partial charge in [-0.1, -0.05) is 23.7 Å². The molecule has 146 valence electrons. The number of furan rings is 1. The number of hydrogen-bond acceptors (Lipinski definition) is 5. The van der Waals surface area contributed by atoms with Gasteiger partial charge in [0, 0.05) is 10.7 Å². The lowest BCUT2D eigenvalue weighted by Gasteiger charge is -2.12. The molecule has 0 unspecified atom stereocenters. The fourth-order valence-electron chi connectivity index (χ4n) is 2.60. The van der Waals surface area contributed by atoms with Gasteiger partial charge in [-0.25, -0.2) is 0 Å². The minimum Gasteiger partial charge on any atom is -0.467 e. The number of benzene rings is 2. The van der Waals surface area contributed by atoms with Crippen LogP contribution in [0.25, 0.3) is 0 Å².